The summed E-state index contributed by atoms with van der Waals surface area (Å²) >= 11 is 0. The second kappa shape index (κ2) is 6.56. The first-order valence-corrected chi connectivity index (χ1v) is 5.92. The molecule has 3 N–H and O–H groups in total. The van der Waals surface area contributed by atoms with Gasteiger partial charge in [0.2, 0.25) is 5.91 Å². The number of aliphatic carboxylic acids is 1. The molecule has 1 aliphatic rings. The summed E-state index contributed by atoms with van der Waals surface area (Å²) in [6.45, 7) is 3.01. The van der Waals surface area contributed by atoms with Gasteiger partial charge in [0.1, 0.15) is 0 Å². The highest BCUT2D eigenvalue weighted by molar-refractivity contribution is 5.85. The van der Waals surface area contributed by atoms with E-state index in [0.717, 1.165) is 6.42 Å². The number of amides is 1. The highest BCUT2D eigenvalue weighted by Gasteiger charge is 2.35. The van der Waals surface area contributed by atoms with Crippen LogP contribution >= 0.6 is 0 Å². The van der Waals surface area contributed by atoms with Crippen molar-refractivity contribution in [2.45, 2.75) is 25.8 Å². The van der Waals surface area contributed by atoms with Crippen molar-refractivity contribution in [1.29, 1.82) is 0 Å². The molecule has 0 saturated carbocycles. The van der Waals surface area contributed by atoms with E-state index in [4.69, 9.17) is 15.6 Å². The van der Waals surface area contributed by atoms with Crippen LogP contribution in [0.4, 0.5) is 0 Å². The number of carbonyl (C=O) groups excluding carboxylic acids is 1. The zero-order valence-corrected chi connectivity index (χ0v) is 10.1. The van der Waals surface area contributed by atoms with E-state index in [0.29, 0.717) is 19.6 Å². The number of hydrogen-bond donors (Lipinski definition) is 2. The quantitative estimate of drug-likeness (QED) is 0.691. The monoisotopic (exact) mass is 244 g/mol. The fourth-order valence-corrected chi connectivity index (χ4v) is 2.00. The zero-order chi connectivity index (χ0) is 12.8. The molecule has 0 aromatic rings. The highest BCUT2D eigenvalue weighted by atomic mass is 16.5. The summed E-state index contributed by atoms with van der Waals surface area (Å²) in [5.41, 5.74) is 5.56. The van der Waals surface area contributed by atoms with Crippen molar-refractivity contribution in [3.8, 4) is 0 Å². The van der Waals surface area contributed by atoms with Crippen LogP contribution in [0.2, 0.25) is 0 Å². The maximum absolute atomic E-state index is 12.2. The molecule has 1 heterocycles. The fourth-order valence-electron chi connectivity index (χ4n) is 2.00. The summed E-state index contributed by atoms with van der Waals surface area (Å²) in [6, 6.07) is -0.873. The molecular weight excluding hydrogens is 224 g/mol. The molecule has 17 heavy (non-hydrogen) atoms. The van der Waals surface area contributed by atoms with E-state index in [1.165, 1.54) is 4.90 Å². The Hall–Kier alpha value is -1.14. The van der Waals surface area contributed by atoms with Gasteiger partial charge < -0.3 is 20.5 Å². The third-order valence-corrected chi connectivity index (χ3v) is 2.97. The van der Waals surface area contributed by atoms with E-state index in [9.17, 15) is 9.59 Å². The Labute approximate surface area is 101 Å². The summed E-state index contributed by atoms with van der Waals surface area (Å²) in [5, 5.41) is 9.04. The molecule has 98 valence electrons. The van der Waals surface area contributed by atoms with Gasteiger partial charge in [-0.15, -0.1) is 0 Å². The van der Waals surface area contributed by atoms with Crippen molar-refractivity contribution < 1.29 is 19.4 Å². The lowest BCUT2D eigenvalue weighted by atomic mass is 10.0. The molecule has 0 aliphatic carbocycles. The number of morpholine rings is 1. The largest absolute Gasteiger partial charge is 0.480 e. The Morgan fingerprint density at radius 2 is 2.29 bits per heavy atom. The number of ether oxygens (including phenoxy) is 1. The van der Waals surface area contributed by atoms with Gasteiger partial charge in [-0.05, 0) is 6.42 Å². The molecule has 2 unspecified atom stereocenters. The highest BCUT2D eigenvalue weighted by Crippen LogP contribution is 2.15. The van der Waals surface area contributed by atoms with Crippen LogP contribution in [0.3, 0.4) is 0 Å². The molecule has 1 aliphatic heterocycles. The van der Waals surface area contributed by atoms with Crippen LogP contribution < -0.4 is 5.73 Å². The van der Waals surface area contributed by atoms with E-state index in [2.05, 4.69) is 0 Å². The van der Waals surface area contributed by atoms with Crippen molar-refractivity contribution in [2.75, 3.05) is 26.3 Å². The maximum atomic E-state index is 12.2. The molecule has 0 radical (unpaired) electrons. The van der Waals surface area contributed by atoms with Gasteiger partial charge in [0, 0.05) is 13.1 Å². The van der Waals surface area contributed by atoms with Crippen LogP contribution in [0.5, 0.6) is 0 Å². The van der Waals surface area contributed by atoms with Crippen molar-refractivity contribution in [2.24, 2.45) is 11.7 Å². The van der Waals surface area contributed by atoms with Gasteiger partial charge in [0.05, 0.1) is 19.1 Å². The van der Waals surface area contributed by atoms with E-state index in [-0.39, 0.29) is 25.0 Å². The minimum absolute atomic E-state index is 0.0600. The smallest absolute Gasteiger partial charge is 0.328 e. The Morgan fingerprint density at radius 3 is 2.82 bits per heavy atom. The van der Waals surface area contributed by atoms with Gasteiger partial charge in [-0.1, -0.05) is 13.3 Å². The van der Waals surface area contributed by atoms with Gasteiger partial charge >= 0.3 is 5.97 Å². The number of carboxylic acids is 1. The van der Waals surface area contributed by atoms with Crippen molar-refractivity contribution in [3.05, 3.63) is 0 Å². The second-order valence-corrected chi connectivity index (χ2v) is 4.18. The summed E-state index contributed by atoms with van der Waals surface area (Å²) < 4.78 is 5.09. The van der Waals surface area contributed by atoms with Crippen LogP contribution in [-0.4, -0.2) is 54.2 Å². The number of carbonyl (C=O) groups is 2. The number of nitrogens with zero attached hydrogens (tertiary/aromatic N) is 1. The number of nitrogens with two attached hydrogens (primary N) is 1. The van der Waals surface area contributed by atoms with E-state index in [1.807, 2.05) is 6.92 Å². The molecule has 2 atom stereocenters. The summed E-state index contributed by atoms with van der Waals surface area (Å²) in [7, 11) is 0. The average Bonchev–Trinajstić information content (AvgIpc) is 2.35. The van der Waals surface area contributed by atoms with E-state index < -0.39 is 12.0 Å². The van der Waals surface area contributed by atoms with Crippen LogP contribution in [0.1, 0.15) is 19.8 Å². The third kappa shape index (κ3) is 3.41. The standard InChI is InChI=1S/C11H20N2O4/c1-2-3-8(6-12)10(14)13-4-5-17-7-9(13)11(15)16/h8-9H,2-7,12H2,1H3,(H,15,16). The molecule has 0 aromatic heterocycles. The number of hydrogen-bond acceptors (Lipinski definition) is 4. The summed E-state index contributed by atoms with van der Waals surface area (Å²) in [4.78, 5) is 24.6. The molecule has 1 fully saturated rings. The van der Waals surface area contributed by atoms with Gasteiger partial charge in [-0.2, -0.15) is 0 Å². The predicted octanol–water partition coefficient (Wildman–Crippen LogP) is -0.327. The van der Waals surface area contributed by atoms with Crippen LogP contribution in [0, 0.1) is 5.92 Å². The average molecular weight is 244 g/mol. The first kappa shape index (κ1) is 13.9. The van der Waals surface area contributed by atoms with Gasteiger partial charge in [-0.25, -0.2) is 4.79 Å². The molecule has 6 heteroatoms. The zero-order valence-electron chi connectivity index (χ0n) is 10.1. The van der Waals surface area contributed by atoms with E-state index >= 15 is 0 Å². The van der Waals surface area contributed by atoms with Crippen LogP contribution in [0.25, 0.3) is 0 Å². The van der Waals surface area contributed by atoms with Crippen molar-refractivity contribution in [3.63, 3.8) is 0 Å². The minimum atomic E-state index is -1.02. The number of carboxylic acid groups (broad SMARTS) is 1. The SMILES string of the molecule is CCCC(CN)C(=O)N1CCOCC1C(=O)O. The molecular formula is C11H20N2O4. The lowest BCUT2D eigenvalue weighted by Crippen LogP contribution is -2.55. The molecule has 1 amide bonds. The predicted molar refractivity (Wildman–Crippen MR) is 61.4 cm³/mol. The Balaban J connectivity index is 2.73. The number of rotatable bonds is 5. The van der Waals surface area contributed by atoms with E-state index in [1.54, 1.807) is 0 Å². The maximum Gasteiger partial charge on any atom is 0.328 e. The van der Waals surface area contributed by atoms with Gasteiger partial charge in [0.25, 0.3) is 0 Å². The molecule has 1 saturated heterocycles. The molecule has 0 aromatic carbocycles. The fraction of sp³-hybridized carbons (Fsp3) is 0.818. The van der Waals surface area contributed by atoms with Gasteiger partial charge in [-0.3, -0.25) is 4.79 Å². The lowest BCUT2D eigenvalue weighted by molar-refractivity contribution is -0.160. The topological polar surface area (TPSA) is 92.9 Å². The molecule has 6 nitrogen and oxygen atoms in total. The van der Waals surface area contributed by atoms with Crippen molar-refractivity contribution in [1.82, 2.24) is 4.90 Å². The molecule has 0 bridgehead atoms. The Bertz CT molecular complexity index is 283. The van der Waals surface area contributed by atoms with Crippen molar-refractivity contribution >= 4 is 11.9 Å². The van der Waals surface area contributed by atoms with Crippen LogP contribution in [0.15, 0.2) is 0 Å². The summed E-state index contributed by atoms with van der Waals surface area (Å²) in [6.07, 6.45) is 1.55. The van der Waals surface area contributed by atoms with Crippen LogP contribution in [-0.2, 0) is 14.3 Å². The Kier molecular flexibility index (Phi) is 5.37. The minimum Gasteiger partial charge on any atom is -0.480 e. The Morgan fingerprint density at radius 1 is 1.59 bits per heavy atom. The first-order chi connectivity index (χ1) is 8.11. The molecule has 1 rings (SSSR count). The normalized spacial score (nSPS) is 22.2. The first-order valence-electron chi connectivity index (χ1n) is 5.92. The third-order valence-electron chi connectivity index (χ3n) is 2.97. The lowest BCUT2D eigenvalue weighted by Gasteiger charge is -2.35. The summed E-state index contributed by atoms with van der Waals surface area (Å²) in [5.74, 6) is -1.46. The second-order valence-electron chi connectivity index (χ2n) is 4.18. The van der Waals surface area contributed by atoms with Gasteiger partial charge in [0.15, 0.2) is 6.04 Å². The molecule has 0 spiro atoms.